The molecule has 9 nitrogen and oxygen atoms in total. The molecule has 0 amide bonds. The van der Waals surface area contributed by atoms with E-state index in [-0.39, 0.29) is 29.8 Å². The lowest BCUT2D eigenvalue weighted by molar-refractivity contribution is -0.146. The van der Waals surface area contributed by atoms with E-state index < -0.39 is 11.6 Å². The highest BCUT2D eigenvalue weighted by Gasteiger charge is 2.21. The average Bonchev–Trinajstić information content (AvgIpc) is 3.40. The summed E-state index contributed by atoms with van der Waals surface area (Å²) >= 11 is 0. The Hall–Kier alpha value is -4.61. The highest BCUT2D eigenvalue weighted by molar-refractivity contribution is 5.83. The molecule has 3 aromatic heterocycles. The van der Waals surface area contributed by atoms with Crippen molar-refractivity contribution in [1.29, 1.82) is 0 Å². The SMILES string of the molecule is Cc1nc2c(F)cc(-c3nc(Cc4ccc(CN5CCN(CC(=O)OCc6ccccc6)CC5)cn4)ncc3F)cc2n1C(C)C. The lowest BCUT2D eigenvalue weighted by Gasteiger charge is -2.34. The molecule has 1 aliphatic rings. The maximum atomic E-state index is 15.0. The fraction of sp³-hybridized carbons (Fsp3) is 0.343. The molecule has 11 heteroatoms. The van der Waals surface area contributed by atoms with E-state index in [1.165, 1.54) is 6.07 Å². The lowest BCUT2D eigenvalue weighted by atomic mass is 10.1. The van der Waals surface area contributed by atoms with Crippen LogP contribution in [0.2, 0.25) is 0 Å². The van der Waals surface area contributed by atoms with Crippen LogP contribution in [-0.2, 0) is 29.1 Å². The zero-order valence-electron chi connectivity index (χ0n) is 26.3. The highest BCUT2D eigenvalue weighted by Crippen LogP contribution is 2.30. The molecule has 1 aliphatic heterocycles. The Morgan fingerprint density at radius 3 is 2.37 bits per heavy atom. The van der Waals surface area contributed by atoms with Crippen molar-refractivity contribution in [3.8, 4) is 11.3 Å². The van der Waals surface area contributed by atoms with E-state index in [1.54, 1.807) is 6.07 Å². The zero-order valence-corrected chi connectivity index (χ0v) is 26.3. The van der Waals surface area contributed by atoms with Crippen molar-refractivity contribution >= 4 is 17.0 Å². The first-order chi connectivity index (χ1) is 22.2. The van der Waals surface area contributed by atoms with Gasteiger partial charge in [-0.25, -0.2) is 23.7 Å². The van der Waals surface area contributed by atoms with Crippen LogP contribution in [0.3, 0.4) is 0 Å². The third-order valence-corrected chi connectivity index (χ3v) is 8.20. The van der Waals surface area contributed by atoms with E-state index in [0.717, 1.165) is 55.7 Å². The number of piperazine rings is 1. The molecule has 0 unspecified atom stereocenters. The smallest absolute Gasteiger partial charge is 0.320 e. The first kappa shape index (κ1) is 31.4. The number of carbonyl (C=O) groups excluding carboxylic acids is 1. The van der Waals surface area contributed by atoms with Crippen molar-refractivity contribution in [3.05, 3.63) is 107 Å². The predicted octanol–water partition coefficient (Wildman–Crippen LogP) is 5.51. The lowest BCUT2D eigenvalue weighted by Crippen LogP contribution is -2.47. The average molecular weight is 626 g/mol. The van der Waals surface area contributed by atoms with Crippen LogP contribution in [0.25, 0.3) is 22.3 Å². The fourth-order valence-corrected chi connectivity index (χ4v) is 5.89. The van der Waals surface area contributed by atoms with Crippen LogP contribution >= 0.6 is 0 Å². The molecular formula is C35H37F2N7O2. The van der Waals surface area contributed by atoms with E-state index in [9.17, 15) is 9.18 Å². The van der Waals surface area contributed by atoms with Gasteiger partial charge in [-0.15, -0.1) is 0 Å². The first-order valence-corrected chi connectivity index (χ1v) is 15.5. The van der Waals surface area contributed by atoms with E-state index in [4.69, 9.17) is 4.74 Å². The van der Waals surface area contributed by atoms with Gasteiger partial charge in [0.2, 0.25) is 0 Å². The zero-order chi connectivity index (χ0) is 32.2. The summed E-state index contributed by atoms with van der Waals surface area (Å²) in [5, 5.41) is 0. The van der Waals surface area contributed by atoms with Crippen LogP contribution < -0.4 is 0 Å². The van der Waals surface area contributed by atoms with Gasteiger partial charge < -0.3 is 9.30 Å². The third-order valence-electron chi connectivity index (χ3n) is 8.20. The molecule has 1 fully saturated rings. The fourth-order valence-electron chi connectivity index (χ4n) is 5.89. The molecule has 46 heavy (non-hydrogen) atoms. The minimum absolute atomic E-state index is 0.0418. The molecule has 0 bridgehead atoms. The Morgan fingerprint density at radius 1 is 0.891 bits per heavy atom. The van der Waals surface area contributed by atoms with Crippen molar-refractivity contribution in [3.63, 3.8) is 0 Å². The number of hydrogen-bond acceptors (Lipinski definition) is 8. The summed E-state index contributed by atoms with van der Waals surface area (Å²) in [5.41, 5.74) is 4.03. The Labute approximate surface area is 266 Å². The number of carbonyl (C=O) groups is 1. The number of fused-ring (bicyclic) bond motifs is 1. The number of pyridine rings is 1. The quantitative estimate of drug-likeness (QED) is 0.188. The van der Waals surface area contributed by atoms with Gasteiger partial charge in [0.25, 0.3) is 0 Å². The molecule has 0 spiro atoms. The molecular weight excluding hydrogens is 588 g/mol. The Morgan fingerprint density at radius 2 is 1.65 bits per heavy atom. The Kier molecular flexibility index (Phi) is 9.41. The van der Waals surface area contributed by atoms with E-state index in [0.29, 0.717) is 35.8 Å². The monoisotopic (exact) mass is 625 g/mol. The van der Waals surface area contributed by atoms with Crippen LogP contribution in [-0.4, -0.2) is 73.0 Å². The number of aromatic nitrogens is 5. The summed E-state index contributed by atoms with van der Waals surface area (Å²) < 4.78 is 37.3. The van der Waals surface area contributed by atoms with Gasteiger partial charge in [0.1, 0.15) is 29.5 Å². The van der Waals surface area contributed by atoms with Crippen molar-refractivity contribution in [1.82, 2.24) is 34.3 Å². The second-order valence-corrected chi connectivity index (χ2v) is 12.0. The van der Waals surface area contributed by atoms with Crippen molar-refractivity contribution in [2.75, 3.05) is 32.7 Å². The van der Waals surface area contributed by atoms with Crippen LogP contribution in [0.15, 0.2) is 67.0 Å². The predicted molar refractivity (Wildman–Crippen MR) is 171 cm³/mol. The van der Waals surface area contributed by atoms with Gasteiger partial charge in [0.05, 0.1) is 24.7 Å². The minimum Gasteiger partial charge on any atom is -0.460 e. The molecule has 238 valence electrons. The number of aryl methyl sites for hydroxylation is 1. The summed E-state index contributed by atoms with van der Waals surface area (Å²) in [6, 6.07) is 16.7. The van der Waals surface area contributed by atoms with Gasteiger partial charge in [-0.2, -0.15) is 0 Å². The first-order valence-electron chi connectivity index (χ1n) is 15.5. The largest absolute Gasteiger partial charge is 0.460 e. The molecule has 0 aliphatic carbocycles. The Balaban J connectivity index is 1.04. The molecule has 2 aromatic carbocycles. The number of ether oxygens (including phenoxy) is 1. The molecule has 6 rings (SSSR count). The van der Waals surface area contributed by atoms with Crippen LogP contribution in [0.4, 0.5) is 8.78 Å². The maximum Gasteiger partial charge on any atom is 0.320 e. The van der Waals surface area contributed by atoms with Crippen molar-refractivity contribution in [2.45, 2.75) is 46.4 Å². The Bertz CT molecular complexity index is 1820. The minimum atomic E-state index is -0.623. The van der Waals surface area contributed by atoms with Crippen LogP contribution in [0.5, 0.6) is 0 Å². The summed E-state index contributed by atoms with van der Waals surface area (Å²) in [6.45, 7) is 10.4. The summed E-state index contributed by atoms with van der Waals surface area (Å²) in [5.74, 6) is -0.268. The summed E-state index contributed by atoms with van der Waals surface area (Å²) in [7, 11) is 0. The highest BCUT2D eigenvalue weighted by atomic mass is 19.1. The second-order valence-electron chi connectivity index (χ2n) is 12.0. The molecule has 0 N–H and O–H groups in total. The van der Waals surface area contributed by atoms with Crippen LogP contribution in [0.1, 0.15) is 48.4 Å². The van der Waals surface area contributed by atoms with E-state index in [2.05, 4.69) is 29.7 Å². The van der Waals surface area contributed by atoms with Crippen molar-refractivity contribution < 1.29 is 18.3 Å². The van der Waals surface area contributed by atoms with Gasteiger partial charge >= 0.3 is 5.97 Å². The summed E-state index contributed by atoms with van der Waals surface area (Å²) in [4.78, 5) is 34.4. The number of hydrogen-bond donors (Lipinski definition) is 0. The van der Waals surface area contributed by atoms with Crippen LogP contribution in [0, 0.1) is 18.6 Å². The normalized spacial score (nSPS) is 14.3. The molecule has 0 radical (unpaired) electrons. The van der Waals surface area contributed by atoms with E-state index in [1.807, 2.05) is 74.0 Å². The molecule has 0 saturated carbocycles. The number of halogens is 2. The molecule has 5 aromatic rings. The van der Waals surface area contributed by atoms with Crippen molar-refractivity contribution in [2.24, 2.45) is 0 Å². The molecule has 1 saturated heterocycles. The number of imidazole rings is 1. The number of nitrogens with zero attached hydrogens (tertiary/aromatic N) is 7. The van der Waals surface area contributed by atoms with E-state index >= 15 is 4.39 Å². The standard InChI is InChI=1S/C35H37F2N7O2/c1-23(2)44-24(3)40-35-29(36)15-27(16-31(35)44)34-30(37)19-39-32(41-34)17-28-10-9-26(18-38-28)20-42-11-13-43(14-12-42)21-33(45)46-22-25-7-5-4-6-8-25/h4-10,15-16,18-19,23H,11-14,17,20-22H2,1-3H3. The van der Waals surface area contributed by atoms with Gasteiger partial charge in [0.15, 0.2) is 11.6 Å². The topological polar surface area (TPSA) is 89.3 Å². The third kappa shape index (κ3) is 7.27. The van der Waals surface area contributed by atoms with Gasteiger partial charge in [0, 0.05) is 56.2 Å². The number of rotatable bonds is 10. The molecule has 0 atom stereocenters. The second kappa shape index (κ2) is 13.8. The van der Waals surface area contributed by atoms with Gasteiger partial charge in [-0.1, -0.05) is 36.4 Å². The number of benzene rings is 2. The maximum absolute atomic E-state index is 15.0. The van der Waals surface area contributed by atoms with Gasteiger partial charge in [-0.05, 0) is 50.1 Å². The van der Waals surface area contributed by atoms with Gasteiger partial charge in [-0.3, -0.25) is 19.6 Å². The number of esters is 1. The summed E-state index contributed by atoms with van der Waals surface area (Å²) in [6.07, 6.45) is 3.27. The molecule has 4 heterocycles.